The number of carbonyl (C=O) groups is 2. The van der Waals surface area contributed by atoms with E-state index < -0.39 is 12.0 Å². The number of urea groups is 1. The van der Waals surface area contributed by atoms with Crippen LogP contribution in [0.2, 0.25) is 0 Å². The summed E-state index contributed by atoms with van der Waals surface area (Å²) >= 11 is 0. The molecule has 0 spiro atoms. The first kappa shape index (κ1) is 16.5. The SMILES string of the molecule is COCCC(NC(=O)N1CC=C(COC)CC1)C(=O)O. The van der Waals surface area contributed by atoms with E-state index in [-0.39, 0.29) is 19.1 Å². The Morgan fingerprint density at radius 2 is 2.20 bits per heavy atom. The Bertz CT molecular complexity index is 370. The smallest absolute Gasteiger partial charge is 0.326 e. The lowest BCUT2D eigenvalue weighted by Crippen LogP contribution is -2.49. The fourth-order valence-corrected chi connectivity index (χ4v) is 1.95. The Morgan fingerprint density at radius 1 is 1.45 bits per heavy atom. The second-order valence-electron chi connectivity index (χ2n) is 4.61. The van der Waals surface area contributed by atoms with Gasteiger partial charge in [-0.15, -0.1) is 0 Å². The van der Waals surface area contributed by atoms with Gasteiger partial charge in [0.05, 0.1) is 6.61 Å². The quantitative estimate of drug-likeness (QED) is 0.664. The molecule has 0 fully saturated rings. The van der Waals surface area contributed by atoms with Crippen molar-refractivity contribution in [2.45, 2.75) is 18.9 Å². The molecule has 0 radical (unpaired) electrons. The highest BCUT2D eigenvalue weighted by Crippen LogP contribution is 2.11. The summed E-state index contributed by atoms with van der Waals surface area (Å²) in [5.74, 6) is -1.05. The molecule has 2 N–H and O–H groups in total. The van der Waals surface area contributed by atoms with Crippen LogP contribution < -0.4 is 5.32 Å². The highest BCUT2D eigenvalue weighted by Gasteiger charge is 2.23. The van der Waals surface area contributed by atoms with Gasteiger partial charge in [-0.25, -0.2) is 9.59 Å². The molecule has 2 amide bonds. The van der Waals surface area contributed by atoms with E-state index in [1.807, 2.05) is 6.08 Å². The third kappa shape index (κ3) is 5.18. The molecule has 0 saturated heterocycles. The van der Waals surface area contributed by atoms with E-state index in [1.54, 1.807) is 12.0 Å². The molecule has 0 aromatic carbocycles. The molecular weight excluding hydrogens is 264 g/mol. The summed E-state index contributed by atoms with van der Waals surface area (Å²) in [6.45, 7) is 1.90. The topological polar surface area (TPSA) is 88.1 Å². The van der Waals surface area contributed by atoms with Crippen LogP contribution in [-0.4, -0.2) is 68.6 Å². The van der Waals surface area contributed by atoms with E-state index in [1.165, 1.54) is 7.11 Å². The second-order valence-corrected chi connectivity index (χ2v) is 4.61. The summed E-state index contributed by atoms with van der Waals surface area (Å²) in [5, 5.41) is 11.6. The van der Waals surface area contributed by atoms with E-state index >= 15 is 0 Å². The lowest BCUT2D eigenvalue weighted by atomic mass is 10.1. The highest BCUT2D eigenvalue weighted by atomic mass is 16.5. The number of hydrogen-bond acceptors (Lipinski definition) is 4. The van der Waals surface area contributed by atoms with Gasteiger partial charge in [0, 0.05) is 40.3 Å². The summed E-state index contributed by atoms with van der Waals surface area (Å²) in [6, 6.07) is -1.28. The highest BCUT2D eigenvalue weighted by molar-refractivity contribution is 5.82. The molecule has 0 aromatic heterocycles. The summed E-state index contributed by atoms with van der Waals surface area (Å²) in [7, 11) is 3.13. The minimum atomic E-state index is -1.05. The number of amides is 2. The van der Waals surface area contributed by atoms with Gasteiger partial charge in [0.1, 0.15) is 6.04 Å². The van der Waals surface area contributed by atoms with E-state index in [4.69, 9.17) is 14.6 Å². The first-order valence-electron chi connectivity index (χ1n) is 6.52. The minimum absolute atomic E-state index is 0.246. The van der Waals surface area contributed by atoms with Crippen molar-refractivity contribution in [3.63, 3.8) is 0 Å². The van der Waals surface area contributed by atoms with Crippen molar-refractivity contribution in [1.29, 1.82) is 0 Å². The Balaban J connectivity index is 2.47. The van der Waals surface area contributed by atoms with Gasteiger partial charge in [-0.3, -0.25) is 0 Å². The molecule has 1 unspecified atom stereocenters. The number of nitrogens with one attached hydrogen (secondary N) is 1. The van der Waals surface area contributed by atoms with Crippen LogP contribution in [0, 0.1) is 0 Å². The average molecular weight is 286 g/mol. The first-order valence-corrected chi connectivity index (χ1v) is 6.52. The Hall–Kier alpha value is -1.60. The maximum absolute atomic E-state index is 12.0. The standard InChI is InChI=1S/C13H22N2O5/c1-19-8-5-11(12(16)17)14-13(18)15-6-3-10(4-7-15)9-20-2/h3,11H,4-9H2,1-2H3,(H,14,18)(H,16,17). The summed E-state index contributed by atoms with van der Waals surface area (Å²) < 4.78 is 9.88. The number of carbonyl (C=O) groups excluding carboxylic acids is 1. The summed E-state index contributed by atoms with van der Waals surface area (Å²) in [6.07, 6.45) is 2.94. The van der Waals surface area contributed by atoms with Crippen LogP contribution in [0.3, 0.4) is 0 Å². The van der Waals surface area contributed by atoms with Gasteiger partial charge in [0.2, 0.25) is 0 Å². The van der Waals surface area contributed by atoms with Gasteiger partial charge in [0.25, 0.3) is 0 Å². The van der Waals surface area contributed by atoms with Crippen LogP contribution in [0.5, 0.6) is 0 Å². The number of aliphatic carboxylic acids is 1. The molecule has 1 rings (SSSR count). The van der Waals surface area contributed by atoms with Gasteiger partial charge in [-0.05, 0) is 12.0 Å². The van der Waals surface area contributed by atoms with Crippen molar-refractivity contribution in [2.24, 2.45) is 0 Å². The van der Waals surface area contributed by atoms with Crippen LogP contribution >= 0.6 is 0 Å². The molecule has 20 heavy (non-hydrogen) atoms. The molecule has 114 valence electrons. The Kier molecular flexibility index (Phi) is 7.03. The van der Waals surface area contributed by atoms with E-state index in [0.717, 1.165) is 12.0 Å². The fraction of sp³-hybridized carbons (Fsp3) is 0.692. The van der Waals surface area contributed by atoms with Crippen molar-refractivity contribution in [3.05, 3.63) is 11.6 Å². The van der Waals surface area contributed by atoms with Crippen molar-refractivity contribution < 1.29 is 24.2 Å². The zero-order valence-electron chi connectivity index (χ0n) is 11.9. The zero-order valence-corrected chi connectivity index (χ0v) is 11.9. The molecular formula is C13H22N2O5. The zero-order chi connectivity index (χ0) is 15.0. The largest absolute Gasteiger partial charge is 0.480 e. The van der Waals surface area contributed by atoms with Crippen LogP contribution in [-0.2, 0) is 14.3 Å². The number of hydrogen-bond donors (Lipinski definition) is 2. The lowest BCUT2D eigenvalue weighted by molar-refractivity contribution is -0.139. The van der Waals surface area contributed by atoms with Crippen molar-refractivity contribution in [3.8, 4) is 0 Å². The predicted molar refractivity (Wildman–Crippen MR) is 72.6 cm³/mol. The van der Waals surface area contributed by atoms with Crippen LogP contribution in [0.4, 0.5) is 4.79 Å². The molecule has 1 heterocycles. The van der Waals surface area contributed by atoms with Crippen LogP contribution in [0.1, 0.15) is 12.8 Å². The Morgan fingerprint density at radius 3 is 2.70 bits per heavy atom. The van der Waals surface area contributed by atoms with Crippen molar-refractivity contribution in [1.82, 2.24) is 10.2 Å². The van der Waals surface area contributed by atoms with Crippen molar-refractivity contribution >= 4 is 12.0 Å². The molecule has 1 aliphatic heterocycles. The number of methoxy groups -OCH3 is 2. The van der Waals surface area contributed by atoms with Gasteiger partial charge in [-0.1, -0.05) is 6.08 Å². The molecule has 0 aliphatic carbocycles. The van der Waals surface area contributed by atoms with Crippen LogP contribution in [0.25, 0.3) is 0 Å². The van der Waals surface area contributed by atoms with Gasteiger partial charge in [-0.2, -0.15) is 0 Å². The normalized spacial score (nSPS) is 16.5. The molecule has 7 heteroatoms. The number of ether oxygens (including phenoxy) is 2. The van der Waals surface area contributed by atoms with Gasteiger partial charge in [0.15, 0.2) is 0 Å². The minimum Gasteiger partial charge on any atom is -0.480 e. The lowest BCUT2D eigenvalue weighted by Gasteiger charge is -2.28. The third-order valence-electron chi connectivity index (χ3n) is 3.13. The fourth-order valence-electron chi connectivity index (χ4n) is 1.95. The number of rotatable bonds is 7. The predicted octanol–water partition coefficient (Wildman–Crippen LogP) is 0.464. The molecule has 7 nitrogen and oxygen atoms in total. The maximum atomic E-state index is 12.0. The average Bonchev–Trinajstić information content (AvgIpc) is 2.44. The van der Waals surface area contributed by atoms with Gasteiger partial charge < -0.3 is 24.8 Å². The number of nitrogens with zero attached hydrogens (tertiary/aromatic N) is 1. The summed E-state index contributed by atoms with van der Waals surface area (Å²) in [4.78, 5) is 24.6. The van der Waals surface area contributed by atoms with E-state index in [9.17, 15) is 9.59 Å². The van der Waals surface area contributed by atoms with E-state index in [0.29, 0.717) is 19.7 Å². The maximum Gasteiger partial charge on any atom is 0.326 e. The van der Waals surface area contributed by atoms with E-state index in [2.05, 4.69) is 5.32 Å². The molecule has 1 aliphatic rings. The first-order chi connectivity index (χ1) is 9.58. The van der Waals surface area contributed by atoms with Gasteiger partial charge >= 0.3 is 12.0 Å². The summed E-state index contributed by atoms with van der Waals surface area (Å²) in [5.41, 5.74) is 1.16. The van der Waals surface area contributed by atoms with Crippen LogP contribution in [0.15, 0.2) is 11.6 Å². The molecule has 0 aromatic rings. The molecule has 0 bridgehead atoms. The second kappa shape index (κ2) is 8.55. The molecule has 0 saturated carbocycles. The third-order valence-corrected chi connectivity index (χ3v) is 3.13. The number of carboxylic acid groups (broad SMARTS) is 1. The Labute approximate surface area is 118 Å². The number of carboxylic acids is 1. The van der Waals surface area contributed by atoms with Crippen molar-refractivity contribution in [2.75, 3.05) is 40.5 Å². The monoisotopic (exact) mass is 286 g/mol. The molecule has 1 atom stereocenters.